The zero-order chi connectivity index (χ0) is 14.4. The van der Waals surface area contributed by atoms with Crippen molar-refractivity contribution >= 4 is 17.8 Å². The molecule has 1 saturated carbocycles. The molecule has 0 spiro atoms. The number of nitrogens with zero attached hydrogens (tertiary/aromatic N) is 1. The molecule has 20 heavy (non-hydrogen) atoms. The maximum atomic E-state index is 12.0. The molecule has 110 valence electrons. The van der Waals surface area contributed by atoms with Gasteiger partial charge in [-0.1, -0.05) is 18.2 Å². The summed E-state index contributed by atoms with van der Waals surface area (Å²) in [6.07, 6.45) is 2.28. The second-order valence-corrected chi connectivity index (χ2v) is 6.60. The van der Waals surface area contributed by atoms with Gasteiger partial charge < -0.3 is 15.3 Å². The molecule has 1 aliphatic rings. The Labute approximate surface area is 124 Å². The first-order chi connectivity index (χ1) is 9.69. The van der Waals surface area contributed by atoms with Crippen LogP contribution in [0.1, 0.15) is 19.8 Å². The molecule has 2 amide bonds. The van der Waals surface area contributed by atoms with Gasteiger partial charge in [-0.2, -0.15) is 0 Å². The van der Waals surface area contributed by atoms with E-state index in [1.807, 2.05) is 36.9 Å². The third-order valence-corrected chi connectivity index (χ3v) is 4.98. The maximum Gasteiger partial charge on any atom is 0.317 e. The number of nitrogens with one attached hydrogen (secondary N) is 1. The molecule has 2 rings (SSSR count). The highest BCUT2D eigenvalue weighted by Gasteiger charge is 2.44. The van der Waals surface area contributed by atoms with E-state index in [1.54, 1.807) is 4.90 Å². The average molecular weight is 294 g/mol. The zero-order valence-electron chi connectivity index (χ0n) is 11.8. The molecule has 0 atom stereocenters. The lowest BCUT2D eigenvalue weighted by molar-refractivity contribution is 0.180. The van der Waals surface area contributed by atoms with E-state index in [0.29, 0.717) is 19.6 Å². The van der Waals surface area contributed by atoms with Crippen molar-refractivity contribution in [2.75, 3.05) is 26.2 Å². The van der Waals surface area contributed by atoms with Crippen LogP contribution in [0.3, 0.4) is 0 Å². The highest BCUT2D eigenvalue weighted by atomic mass is 32.2. The van der Waals surface area contributed by atoms with Crippen LogP contribution in [0.2, 0.25) is 0 Å². The fraction of sp³-hybridized carbons (Fsp3) is 0.533. The molecule has 0 saturated heterocycles. The minimum Gasteiger partial charge on any atom is -0.395 e. The monoisotopic (exact) mass is 294 g/mol. The van der Waals surface area contributed by atoms with Crippen molar-refractivity contribution in [2.45, 2.75) is 29.4 Å². The molecule has 0 aliphatic heterocycles. The van der Waals surface area contributed by atoms with Gasteiger partial charge in [-0.25, -0.2) is 4.79 Å². The topological polar surface area (TPSA) is 52.6 Å². The van der Waals surface area contributed by atoms with Crippen LogP contribution in [0.25, 0.3) is 0 Å². The molecule has 5 heteroatoms. The van der Waals surface area contributed by atoms with Crippen LogP contribution in [-0.4, -0.2) is 47.0 Å². The lowest BCUT2D eigenvalue weighted by Crippen LogP contribution is -2.44. The minimum absolute atomic E-state index is 0.00513. The van der Waals surface area contributed by atoms with Crippen molar-refractivity contribution in [3.63, 3.8) is 0 Å². The van der Waals surface area contributed by atoms with Crippen LogP contribution >= 0.6 is 11.8 Å². The van der Waals surface area contributed by atoms with E-state index < -0.39 is 0 Å². The molecule has 1 aromatic carbocycles. The Morgan fingerprint density at radius 2 is 2.10 bits per heavy atom. The molecule has 0 unspecified atom stereocenters. The van der Waals surface area contributed by atoms with Crippen LogP contribution in [-0.2, 0) is 0 Å². The Hall–Kier alpha value is -1.20. The van der Waals surface area contributed by atoms with Crippen molar-refractivity contribution in [3.05, 3.63) is 30.3 Å². The van der Waals surface area contributed by atoms with Gasteiger partial charge in [-0.3, -0.25) is 0 Å². The second kappa shape index (κ2) is 6.99. The van der Waals surface area contributed by atoms with E-state index in [4.69, 9.17) is 5.11 Å². The third kappa shape index (κ3) is 4.15. The van der Waals surface area contributed by atoms with Gasteiger partial charge in [0.1, 0.15) is 0 Å². The summed E-state index contributed by atoms with van der Waals surface area (Å²) in [6, 6.07) is 10.2. The number of aliphatic hydroxyl groups excluding tert-OH is 1. The molecule has 4 nitrogen and oxygen atoms in total. The summed E-state index contributed by atoms with van der Waals surface area (Å²) < 4.78 is 0.162. The highest BCUT2D eigenvalue weighted by molar-refractivity contribution is 8.01. The van der Waals surface area contributed by atoms with Crippen molar-refractivity contribution in [1.29, 1.82) is 0 Å². The predicted octanol–water partition coefficient (Wildman–Crippen LogP) is 2.34. The number of rotatable bonds is 7. The van der Waals surface area contributed by atoms with Gasteiger partial charge >= 0.3 is 6.03 Å². The maximum absolute atomic E-state index is 12.0. The number of likely N-dealkylation sites (N-methyl/N-ethyl adjacent to an activating group) is 1. The summed E-state index contributed by atoms with van der Waals surface area (Å²) in [4.78, 5) is 14.9. The largest absolute Gasteiger partial charge is 0.395 e. The fourth-order valence-corrected chi connectivity index (χ4v) is 3.31. The number of thioether (sulfide) groups is 1. The van der Waals surface area contributed by atoms with Crippen LogP contribution < -0.4 is 5.32 Å². The van der Waals surface area contributed by atoms with Crippen molar-refractivity contribution in [2.24, 2.45) is 0 Å². The number of urea groups is 1. The summed E-state index contributed by atoms with van der Waals surface area (Å²) in [5, 5.41) is 11.9. The summed E-state index contributed by atoms with van der Waals surface area (Å²) in [5.41, 5.74) is 0. The Balaban J connectivity index is 1.82. The Morgan fingerprint density at radius 1 is 1.40 bits per heavy atom. The van der Waals surface area contributed by atoms with Crippen LogP contribution in [0.4, 0.5) is 4.79 Å². The first kappa shape index (κ1) is 15.2. The average Bonchev–Trinajstić information content (AvgIpc) is 3.23. The summed E-state index contributed by atoms with van der Waals surface area (Å²) >= 11 is 1.85. The number of hydrogen-bond acceptors (Lipinski definition) is 3. The summed E-state index contributed by atoms with van der Waals surface area (Å²) in [7, 11) is 0. The third-order valence-electron chi connectivity index (χ3n) is 3.49. The molecule has 0 bridgehead atoms. The number of carbonyl (C=O) groups is 1. The Bertz CT molecular complexity index is 435. The second-order valence-electron chi connectivity index (χ2n) is 5.06. The quantitative estimate of drug-likeness (QED) is 0.811. The lowest BCUT2D eigenvalue weighted by atomic mass is 10.4. The molecular weight excluding hydrogens is 272 g/mol. The standard InChI is InChI=1S/C15H22N2O2S/c1-2-17(10-11-18)14(19)16-12-15(8-9-15)20-13-6-4-3-5-7-13/h3-7,18H,2,8-12H2,1H3,(H,16,19). The number of aliphatic hydroxyl groups is 1. The molecule has 0 radical (unpaired) electrons. The van der Waals surface area contributed by atoms with E-state index in [2.05, 4.69) is 17.4 Å². The van der Waals surface area contributed by atoms with Gasteiger partial charge in [0.15, 0.2) is 0 Å². The normalized spacial score (nSPS) is 15.7. The van der Waals surface area contributed by atoms with E-state index >= 15 is 0 Å². The van der Waals surface area contributed by atoms with E-state index in [9.17, 15) is 4.79 Å². The van der Waals surface area contributed by atoms with Gasteiger partial charge in [-0.15, -0.1) is 11.8 Å². The van der Waals surface area contributed by atoms with Crippen molar-refractivity contribution in [1.82, 2.24) is 10.2 Å². The van der Waals surface area contributed by atoms with Gasteiger partial charge in [-0.05, 0) is 31.9 Å². The minimum atomic E-state index is -0.0820. The molecular formula is C15H22N2O2S. The Kier molecular flexibility index (Phi) is 5.31. The number of amides is 2. The van der Waals surface area contributed by atoms with E-state index in [1.165, 1.54) is 4.90 Å². The molecule has 1 fully saturated rings. The zero-order valence-corrected chi connectivity index (χ0v) is 12.7. The molecule has 1 aromatic rings. The smallest absolute Gasteiger partial charge is 0.317 e. The fourth-order valence-electron chi connectivity index (χ4n) is 2.07. The van der Waals surface area contributed by atoms with Gasteiger partial charge in [0.25, 0.3) is 0 Å². The van der Waals surface area contributed by atoms with Crippen LogP contribution in [0, 0.1) is 0 Å². The van der Waals surface area contributed by atoms with Gasteiger partial charge in [0, 0.05) is 29.3 Å². The highest BCUT2D eigenvalue weighted by Crippen LogP contribution is 2.51. The van der Waals surface area contributed by atoms with E-state index in [0.717, 1.165) is 12.8 Å². The van der Waals surface area contributed by atoms with Crippen LogP contribution in [0.15, 0.2) is 35.2 Å². The lowest BCUT2D eigenvalue weighted by Gasteiger charge is -2.22. The number of benzene rings is 1. The molecule has 0 aromatic heterocycles. The van der Waals surface area contributed by atoms with Crippen molar-refractivity contribution < 1.29 is 9.90 Å². The number of carbonyl (C=O) groups excluding carboxylic acids is 1. The number of hydrogen-bond donors (Lipinski definition) is 2. The van der Waals surface area contributed by atoms with E-state index in [-0.39, 0.29) is 17.4 Å². The molecule has 1 aliphatic carbocycles. The van der Waals surface area contributed by atoms with Gasteiger partial charge in [0.2, 0.25) is 0 Å². The van der Waals surface area contributed by atoms with Crippen LogP contribution in [0.5, 0.6) is 0 Å². The first-order valence-electron chi connectivity index (χ1n) is 7.07. The van der Waals surface area contributed by atoms with Gasteiger partial charge in [0.05, 0.1) is 6.61 Å². The molecule has 0 heterocycles. The SMILES string of the molecule is CCN(CCO)C(=O)NCC1(Sc2ccccc2)CC1. The Morgan fingerprint density at radius 3 is 2.65 bits per heavy atom. The summed E-state index contributed by atoms with van der Waals surface area (Å²) in [6.45, 7) is 3.62. The molecule has 2 N–H and O–H groups in total. The summed E-state index contributed by atoms with van der Waals surface area (Å²) in [5.74, 6) is 0. The van der Waals surface area contributed by atoms with Crippen molar-refractivity contribution in [3.8, 4) is 0 Å². The predicted molar refractivity (Wildman–Crippen MR) is 82.0 cm³/mol. The first-order valence-corrected chi connectivity index (χ1v) is 7.88.